The molecule has 23 heavy (non-hydrogen) atoms. The van der Waals surface area contributed by atoms with Gasteiger partial charge in [-0.05, 0) is 37.6 Å². The Hall–Kier alpha value is -1.66. The quantitative estimate of drug-likeness (QED) is 0.773. The van der Waals surface area contributed by atoms with Crippen molar-refractivity contribution in [2.75, 3.05) is 39.3 Å². The number of halogens is 1. The number of piperazine rings is 1. The zero-order chi connectivity index (χ0) is 16.7. The summed E-state index contributed by atoms with van der Waals surface area (Å²) in [4.78, 5) is 16.2. The van der Waals surface area contributed by atoms with Gasteiger partial charge in [0.1, 0.15) is 11.6 Å². The monoisotopic (exact) mass is 324 g/mol. The number of ether oxygens (including phenoxy) is 1. The second-order valence-corrected chi connectivity index (χ2v) is 5.94. The minimum atomic E-state index is -0.333. The fraction of sp³-hybridized carbons (Fsp3) is 0.588. The number of hydrogen-bond donors (Lipinski definition) is 1. The molecule has 1 amide bonds. The third kappa shape index (κ3) is 6.15. The zero-order valence-electron chi connectivity index (χ0n) is 13.6. The Balaban J connectivity index is 1.61. The van der Waals surface area contributed by atoms with Crippen LogP contribution in [-0.2, 0) is 4.79 Å². The molecule has 1 aliphatic rings. The lowest BCUT2D eigenvalue weighted by atomic mass is 10.2. The highest BCUT2D eigenvalue weighted by atomic mass is 19.1. The fourth-order valence-electron chi connectivity index (χ4n) is 2.66. The first kappa shape index (κ1) is 17.7. The Morgan fingerprint density at radius 1 is 1.26 bits per heavy atom. The molecule has 2 rings (SSSR count). The number of hydrogen-bond acceptors (Lipinski definition) is 4. The van der Waals surface area contributed by atoms with Crippen molar-refractivity contribution in [3.05, 3.63) is 30.1 Å². The number of nitrogens with zero attached hydrogens (tertiary/aromatic N) is 2. The van der Waals surface area contributed by atoms with Crippen molar-refractivity contribution in [3.8, 4) is 5.75 Å². The molecule has 1 N–H and O–H groups in total. The van der Waals surface area contributed by atoms with Crippen molar-refractivity contribution in [2.24, 2.45) is 0 Å². The van der Waals surface area contributed by atoms with Crippen LogP contribution < -0.4 is 4.74 Å². The summed E-state index contributed by atoms with van der Waals surface area (Å²) >= 11 is 0. The van der Waals surface area contributed by atoms with Gasteiger partial charge in [-0.25, -0.2) is 4.39 Å². The molecular formula is C17H25FN2O3. The summed E-state index contributed by atoms with van der Waals surface area (Å²) in [7, 11) is 0. The van der Waals surface area contributed by atoms with E-state index in [-0.39, 0.29) is 17.8 Å². The lowest BCUT2D eigenvalue weighted by Crippen LogP contribution is -2.50. The molecule has 0 aromatic heterocycles. The standard InChI is InChI=1S/C17H25FN2O3/c1-14(21)13-19-8-10-20(11-9-19)17(22)3-2-12-23-16-6-4-15(18)5-7-16/h4-7,14,21H,2-3,8-13H2,1H3. The minimum absolute atomic E-state index is 0.143. The second kappa shape index (κ2) is 8.84. The van der Waals surface area contributed by atoms with Crippen molar-refractivity contribution in [1.82, 2.24) is 9.80 Å². The van der Waals surface area contributed by atoms with Crippen LogP contribution >= 0.6 is 0 Å². The van der Waals surface area contributed by atoms with Gasteiger partial charge in [0.15, 0.2) is 0 Å². The van der Waals surface area contributed by atoms with Gasteiger partial charge in [-0.15, -0.1) is 0 Å². The Kier molecular flexibility index (Phi) is 6.80. The van der Waals surface area contributed by atoms with E-state index in [0.717, 1.165) is 13.1 Å². The topological polar surface area (TPSA) is 53.0 Å². The molecule has 5 nitrogen and oxygen atoms in total. The summed E-state index contributed by atoms with van der Waals surface area (Å²) in [5.74, 6) is 0.470. The average Bonchev–Trinajstić information content (AvgIpc) is 2.53. The van der Waals surface area contributed by atoms with Crippen LogP contribution in [0.3, 0.4) is 0 Å². The first-order chi connectivity index (χ1) is 11.0. The van der Waals surface area contributed by atoms with Crippen molar-refractivity contribution in [3.63, 3.8) is 0 Å². The van der Waals surface area contributed by atoms with Crippen LogP contribution in [0, 0.1) is 5.82 Å². The van der Waals surface area contributed by atoms with E-state index < -0.39 is 0 Å². The van der Waals surface area contributed by atoms with Crippen molar-refractivity contribution >= 4 is 5.91 Å². The van der Waals surface area contributed by atoms with Crippen LogP contribution in [0.5, 0.6) is 5.75 Å². The van der Waals surface area contributed by atoms with E-state index in [9.17, 15) is 14.3 Å². The number of amides is 1. The number of β-amino-alcohol motifs (C(OH)–C–C–N with tert-alkyl or cyclic N) is 1. The third-order valence-corrected chi connectivity index (χ3v) is 3.86. The summed E-state index contributed by atoms with van der Waals surface area (Å²) < 4.78 is 18.2. The first-order valence-corrected chi connectivity index (χ1v) is 8.11. The van der Waals surface area contributed by atoms with Gasteiger partial charge < -0.3 is 14.7 Å². The minimum Gasteiger partial charge on any atom is -0.494 e. The normalized spacial score (nSPS) is 17.1. The zero-order valence-corrected chi connectivity index (χ0v) is 13.6. The maximum absolute atomic E-state index is 12.8. The Morgan fingerprint density at radius 2 is 1.91 bits per heavy atom. The van der Waals surface area contributed by atoms with E-state index in [2.05, 4.69) is 4.90 Å². The molecule has 0 saturated carbocycles. The van der Waals surface area contributed by atoms with Crippen LogP contribution in [0.15, 0.2) is 24.3 Å². The molecule has 0 spiro atoms. The summed E-state index contributed by atoms with van der Waals surface area (Å²) in [5, 5.41) is 9.38. The molecule has 6 heteroatoms. The molecule has 0 radical (unpaired) electrons. The number of benzene rings is 1. The van der Waals surface area contributed by atoms with Gasteiger partial charge in [0.05, 0.1) is 12.7 Å². The molecule has 1 saturated heterocycles. The number of aliphatic hydroxyl groups excluding tert-OH is 1. The first-order valence-electron chi connectivity index (χ1n) is 8.11. The second-order valence-electron chi connectivity index (χ2n) is 5.94. The summed E-state index contributed by atoms with van der Waals surface area (Å²) in [6.07, 6.45) is 0.766. The van der Waals surface area contributed by atoms with E-state index in [4.69, 9.17) is 4.74 Å². The van der Waals surface area contributed by atoms with Gasteiger partial charge in [0, 0.05) is 39.1 Å². The molecule has 1 aromatic carbocycles. The molecule has 0 aliphatic carbocycles. The maximum Gasteiger partial charge on any atom is 0.222 e. The highest BCUT2D eigenvalue weighted by Crippen LogP contribution is 2.12. The predicted octanol–water partition coefficient (Wildman–Crippen LogP) is 1.51. The Bertz CT molecular complexity index is 485. The molecule has 1 aromatic rings. The third-order valence-electron chi connectivity index (χ3n) is 3.86. The van der Waals surface area contributed by atoms with Gasteiger partial charge in [-0.2, -0.15) is 0 Å². The molecule has 1 atom stereocenters. The van der Waals surface area contributed by atoms with Crippen LogP contribution in [0.2, 0.25) is 0 Å². The van der Waals surface area contributed by atoms with E-state index >= 15 is 0 Å². The molecule has 1 unspecified atom stereocenters. The largest absolute Gasteiger partial charge is 0.494 e. The number of aliphatic hydroxyl groups is 1. The molecular weight excluding hydrogens is 299 g/mol. The summed E-state index contributed by atoms with van der Waals surface area (Å²) in [5.41, 5.74) is 0. The van der Waals surface area contributed by atoms with Crippen LogP contribution in [-0.4, -0.2) is 66.2 Å². The SMILES string of the molecule is CC(O)CN1CCN(C(=O)CCCOc2ccc(F)cc2)CC1. The summed E-state index contributed by atoms with van der Waals surface area (Å²) in [6, 6.07) is 5.87. The van der Waals surface area contributed by atoms with Gasteiger partial charge >= 0.3 is 0 Å². The van der Waals surface area contributed by atoms with Crippen molar-refractivity contribution in [2.45, 2.75) is 25.9 Å². The smallest absolute Gasteiger partial charge is 0.222 e. The van der Waals surface area contributed by atoms with E-state index in [1.54, 1.807) is 19.1 Å². The molecule has 1 aliphatic heterocycles. The van der Waals surface area contributed by atoms with Gasteiger partial charge in [-0.3, -0.25) is 9.69 Å². The lowest BCUT2D eigenvalue weighted by Gasteiger charge is -2.35. The van der Waals surface area contributed by atoms with Gasteiger partial charge in [0.25, 0.3) is 0 Å². The Labute approximate surface area is 136 Å². The molecule has 1 fully saturated rings. The van der Waals surface area contributed by atoms with Gasteiger partial charge in [0.2, 0.25) is 5.91 Å². The van der Waals surface area contributed by atoms with Crippen LogP contribution in [0.4, 0.5) is 4.39 Å². The Morgan fingerprint density at radius 3 is 2.52 bits per heavy atom. The maximum atomic E-state index is 12.8. The number of carbonyl (C=O) groups is 1. The number of rotatable bonds is 7. The molecule has 128 valence electrons. The lowest BCUT2D eigenvalue weighted by molar-refractivity contribution is -0.133. The molecule has 1 heterocycles. The number of carbonyl (C=O) groups excluding carboxylic acids is 1. The van der Waals surface area contributed by atoms with E-state index in [0.29, 0.717) is 44.8 Å². The van der Waals surface area contributed by atoms with E-state index in [1.165, 1.54) is 12.1 Å². The summed E-state index contributed by atoms with van der Waals surface area (Å²) in [6.45, 7) is 5.92. The molecule has 0 bridgehead atoms. The van der Waals surface area contributed by atoms with Gasteiger partial charge in [-0.1, -0.05) is 0 Å². The predicted molar refractivity (Wildman–Crippen MR) is 85.8 cm³/mol. The van der Waals surface area contributed by atoms with Crippen LogP contribution in [0.1, 0.15) is 19.8 Å². The fourth-order valence-corrected chi connectivity index (χ4v) is 2.66. The highest BCUT2D eigenvalue weighted by molar-refractivity contribution is 5.76. The van der Waals surface area contributed by atoms with Crippen molar-refractivity contribution < 1.29 is 19.0 Å². The van der Waals surface area contributed by atoms with E-state index in [1.807, 2.05) is 4.90 Å². The average molecular weight is 324 g/mol. The highest BCUT2D eigenvalue weighted by Gasteiger charge is 2.21. The van der Waals surface area contributed by atoms with Crippen LogP contribution in [0.25, 0.3) is 0 Å². The van der Waals surface area contributed by atoms with Crippen molar-refractivity contribution in [1.29, 1.82) is 0 Å².